The van der Waals surface area contributed by atoms with Gasteiger partial charge >= 0.3 is 12.1 Å². The Morgan fingerprint density at radius 1 is 0.915 bits per heavy atom. The molecule has 1 aromatic rings. The van der Waals surface area contributed by atoms with Gasteiger partial charge in [-0.05, 0) is 62.4 Å². The van der Waals surface area contributed by atoms with Gasteiger partial charge in [-0.25, -0.2) is 8.42 Å². The Morgan fingerprint density at radius 3 is 1.98 bits per heavy atom. The second-order valence-electron chi connectivity index (χ2n) is 16.3. The van der Waals surface area contributed by atoms with Gasteiger partial charge in [0.2, 0.25) is 33.7 Å². The number of alkyl halides is 3. The lowest BCUT2D eigenvalue weighted by atomic mass is 9.89. The number of nitrogens with zero attached hydrogens (tertiary/aromatic N) is 3. The maximum absolute atomic E-state index is 14.2. The molecule has 3 N–H and O–H groups in total. The molecular weight excluding hydrogens is 798 g/mol. The van der Waals surface area contributed by atoms with Crippen molar-refractivity contribution in [1.29, 1.82) is 0 Å². The van der Waals surface area contributed by atoms with Gasteiger partial charge in [0, 0.05) is 33.5 Å². The number of anilines is 1. The number of sulfonamides is 1. The van der Waals surface area contributed by atoms with Crippen LogP contribution in [0.25, 0.3) is 0 Å². The minimum Gasteiger partial charge on any atom is -0.379 e. The van der Waals surface area contributed by atoms with Crippen molar-refractivity contribution in [3.05, 3.63) is 29.8 Å². The molecule has 15 nitrogen and oxygen atoms in total. The summed E-state index contributed by atoms with van der Waals surface area (Å²) in [6.45, 7) is 13.4. The van der Waals surface area contributed by atoms with Gasteiger partial charge in [0.1, 0.15) is 6.04 Å². The Morgan fingerprint density at radius 2 is 1.51 bits per heavy atom. The number of likely N-dealkylation sites (N-methyl/N-ethyl adjacent to an activating group) is 2. The fourth-order valence-electron chi connectivity index (χ4n) is 7.80. The molecule has 5 amide bonds. The van der Waals surface area contributed by atoms with E-state index in [1.54, 1.807) is 22.2 Å². The number of benzene rings is 1. The maximum atomic E-state index is 14.2. The number of carbonyl (C=O) groups is 5. The van der Waals surface area contributed by atoms with Gasteiger partial charge < -0.3 is 29.9 Å². The van der Waals surface area contributed by atoms with Crippen LogP contribution in [0.2, 0.25) is 0 Å². The lowest BCUT2D eigenvalue weighted by Crippen LogP contribution is -2.59. The number of ether oxygens (including phenoxy) is 2. The summed E-state index contributed by atoms with van der Waals surface area (Å²) in [5.74, 6) is -6.03. The SMILES string of the molecule is CCC(C)C(C(CC(=O)N1CCC[C@H]1C(OC)C(C)C(=O)NS(=O)(=O)Cc1ccc(NC(=O)C(F)(F)F)cc1)OC)N(C)C(=O)C(NC(=O)C(C(C)C)N(C)C)C(C)C. The molecule has 0 spiro atoms. The van der Waals surface area contributed by atoms with Gasteiger partial charge in [-0.1, -0.05) is 67.0 Å². The molecule has 1 aliphatic heterocycles. The second-order valence-corrected chi connectivity index (χ2v) is 18.1. The van der Waals surface area contributed by atoms with Crippen LogP contribution in [0.3, 0.4) is 0 Å². The molecule has 1 heterocycles. The van der Waals surface area contributed by atoms with Crippen molar-refractivity contribution >= 4 is 45.2 Å². The smallest absolute Gasteiger partial charge is 0.379 e. The average molecular weight is 863 g/mol. The molecule has 8 atom stereocenters. The first-order valence-corrected chi connectivity index (χ1v) is 21.6. The van der Waals surface area contributed by atoms with E-state index in [0.717, 1.165) is 12.1 Å². The Hall–Kier alpha value is -3.81. The molecular formula is C40H65F3N6O9S. The summed E-state index contributed by atoms with van der Waals surface area (Å²) in [6.07, 6.45) is -5.15. The van der Waals surface area contributed by atoms with Gasteiger partial charge in [-0.2, -0.15) is 13.2 Å². The van der Waals surface area contributed by atoms with E-state index in [1.165, 1.54) is 33.3 Å². The van der Waals surface area contributed by atoms with Crippen LogP contribution in [0.1, 0.15) is 79.7 Å². The average Bonchev–Trinajstić information content (AvgIpc) is 3.62. The topological polar surface area (TPSA) is 184 Å². The number of nitrogens with one attached hydrogen (secondary N) is 3. The number of carbonyl (C=O) groups excluding carboxylic acids is 5. The summed E-state index contributed by atoms with van der Waals surface area (Å²) >= 11 is 0. The van der Waals surface area contributed by atoms with Gasteiger partial charge in [-0.3, -0.25) is 33.6 Å². The van der Waals surface area contributed by atoms with Crippen LogP contribution in [0.5, 0.6) is 0 Å². The Kier molecular flexibility index (Phi) is 19.3. The lowest BCUT2D eigenvalue weighted by molar-refractivity contribution is -0.167. The van der Waals surface area contributed by atoms with E-state index in [4.69, 9.17) is 9.47 Å². The summed E-state index contributed by atoms with van der Waals surface area (Å²) in [5, 5.41) is 4.65. The van der Waals surface area contributed by atoms with Crippen LogP contribution in [0.4, 0.5) is 18.9 Å². The number of hydrogen-bond donors (Lipinski definition) is 3. The molecule has 1 fully saturated rings. The summed E-state index contributed by atoms with van der Waals surface area (Å²) in [4.78, 5) is 71.3. The van der Waals surface area contributed by atoms with Crippen molar-refractivity contribution in [2.75, 3.05) is 47.2 Å². The fourth-order valence-corrected chi connectivity index (χ4v) is 9.00. The molecule has 7 unspecified atom stereocenters. The third-order valence-corrected chi connectivity index (χ3v) is 12.3. The molecule has 0 aliphatic carbocycles. The molecule has 59 heavy (non-hydrogen) atoms. The predicted molar refractivity (Wildman–Crippen MR) is 217 cm³/mol. The highest BCUT2D eigenvalue weighted by molar-refractivity contribution is 7.89. The molecule has 2 rings (SSSR count). The Bertz CT molecular complexity index is 1690. The first kappa shape index (κ1) is 51.3. The minimum atomic E-state index is -5.10. The molecule has 0 saturated carbocycles. The standard InChI is InChI=1S/C40H65F3N6O9S/c1-13-25(6)34(48(10)38(53)32(23(2)3)45-37(52)33(24(4)5)47(8)9)30(57-11)21-31(50)49-20-14-15-29(49)35(58-12)26(7)36(51)46-59(55,56)22-27-16-18-28(19-17-27)44-39(54)40(41,42)43/h16-19,23-26,29-30,32-35H,13-15,20-22H2,1-12H3,(H,44,54)(H,45,52)(H,46,51)/t25?,26?,29-,30?,32?,33?,34?,35?/m0/s1. The minimum absolute atomic E-state index is 0.00562. The summed E-state index contributed by atoms with van der Waals surface area (Å²) in [6, 6.07) is 2.19. The highest BCUT2D eigenvalue weighted by Gasteiger charge is 2.44. The maximum Gasteiger partial charge on any atom is 0.471 e. The quantitative estimate of drug-likeness (QED) is 0.165. The van der Waals surface area contributed by atoms with E-state index in [-0.39, 0.29) is 53.1 Å². The number of rotatable bonds is 21. The van der Waals surface area contributed by atoms with Crippen molar-refractivity contribution in [3.8, 4) is 0 Å². The van der Waals surface area contributed by atoms with Crippen molar-refractivity contribution in [2.24, 2.45) is 23.7 Å². The van der Waals surface area contributed by atoms with Crippen LogP contribution in [0.15, 0.2) is 24.3 Å². The number of halogens is 3. The molecule has 1 aliphatic rings. The van der Waals surface area contributed by atoms with Crippen molar-refractivity contribution in [3.63, 3.8) is 0 Å². The predicted octanol–water partition coefficient (Wildman–Crippen LogP) is 3.78. The van der Waals surface area contributed by atoms with Crippen molar-refractivity contribution in [2.45, 2.75) is 122 Å². The highest BCUT2D eigenvalue weighted by Crippen LogP contribution is 2.30. The van der Waals surface area contributed by atoms with Crippen LogP contribution in [0, 0.1) is 23.7 Å². The van der Waals surface area contributed by atoms with Gasteiger partial charge in [0.25, 0.3) is 0 Å². The zero-order valence-corrected chi connectivity index (χ0v) is 37.2. The third-order valence-electron chi connectivity index (χ3n) is 11.0. The monoisotopic (exact) mass is 862 g/mol. The van der Waals surface area contributed by atoms with E-state index < -0.39 is 76.1 Å². The normalized spacial score (nSPS) is 18.5. The first-order chi connectivity index (χ1) is 27.3. The molecule has 336 valence electrons. The molecule has 19 heteroatoms. The third kappa shape index (κ3) is 14.1. The molecule has 1 saturated heterocycles. The molecule has 1 aromatic carbocycles. The van der Waals surface area contributed by atoms with E-state index in [2.05, 4.69) is 5.32 Å². The van der Waals surface area contributed by atoms with Crippen LogP contribution >= 0.6 is 0 Å². The van der Waals surface area contributed by atoms with E-state index in [9.17, 15) is 45.6 Å². The highest BCUT2D eigenvalue weighted by atomic mass is 32.2. The Balaban J connectivity index is 2.23. The first-order valence-electron chi connectivity index (χ1n) is 19.9. The largest absolute Gasteiger partial charge is 0.471 e. The summed E-state index contributed by atoms with van der Waals surface area (Å²) < 4.78 is 77.5. The zero-order chi connectivity index (χ0) is 45.2. The van der Waals surface area contributed by atoms with E-state index in [1.807, 2.05) is 65.3 Å². The number of methoxy groups -OCH3 is 2. The zero-order valence-electron chi connectivity index (χ0n) is 36.4. The van der Waals surface area contributed by atoms with Crippen molar-refractivity contribution in [1.82, 2.24) is 24.7 Å². The Labute approximate surface area is 347 Å². The second kappa shape index (κ2) is 22.2. The van der Waals surface area contributed by atoms with E-state index >= 15 is 0 Å². The van der Waals surface area contributed by atoms with Gasteiger partial charge in [0.15, 0.2) is 0 Å². The van der Waals surface area contributed by atoms with Crippen LogP contribution in [-0.4, -0.2) is 137 Å². The van der Waals surface area contributed by atoms with Crippen LogP contribution < -0.4 is 15.4 Å². The number of likely N-dealkylation sites (tertiary alicyclic amines) is 1. The van der Waals surface area contributed by atoms with Crippen LogP contribution in [-0.2, 0) is 49.2 Å². The summed E-state index contributed by atoms with van der Waals surface area (Å²) in [5.41, 5.74) is -0.0544. The lowest BCUT2D eigenvalue weighted by Gasteiger charge is -2.41. The summed E-state index contributed by atoms with van der Waals surface area (Å²) in [7, 11) is 3.83. The molecule has 0 bridgehead atoms. The van der Waals surface area contributed by atoms with E-state index in [0.29, 0.717) is 25.8 Å². The van der Waals surface area contributed by atoms with Gasteiger partial charge in [-0.15, -0.1) is 0 Å². The van der Waals surface area contributed by atoms with Crippen molar-refractivity contribution < 1.29 is 55.0 Å². The molecule has 0 radical (unpaired) electrons. The fraction of sp³-hybridized carbons (Fsp3) is 0.725. The number of amides is 5. The van der Waals surface area contributed by atoms with Gasteiger partial charge in [0.05, 0.1) is 48.4 Å². The number of hydrogen-bond acceptors (Lipinski definition) is 10. The molecule has 0 aromatic heterocycles.